The predicted octanol–water partition coefficient (Wildman–Crippen LogP) is 4.13. The summed E-state index contributed by atoms with van der Waals surface area (Å²) in [4.78, 5) is 41.6. The number of thiazole rings is 1. The van der Waals surface area contributed by atoms with Crippen LogP contribution in [-0.2, 0) is 16.1 Å². The highest BCUT2D eigenvalue weighted by Crippen LogP contribution is 2.28. The van der Waals surface area contributed by atoms with Gasteiger partial charge >= 0.3 is 5.97 Å². The lowest BCUT2D eigenvalue weighted by Gasteiger charge is -2.14. The van der Waals surface area contributed by atoms with E-state index in [4.69, 9.17) is 9.47 Å². The maximum absolute atomic E-state index is 12.7. The van der Waals surface area contributed by atoms with E-state index in [1.54, 1.807) is 48.9 Å². The third-order valence-electron chi connectivity index (χ3n) is 5.23. The highest BCUT2D eigenvalue weighted by Gasteiger charge is 2.15. The lowest BCUT2D eigenvalue weighted by Crippen LogP contribution is -2.24. The Morgan fingerprint density at radius 1 is 1.18 bits per heavy atom. The molecule has 4 aromatic rings. The molecule has 0 radical (unpaired) electrons. The Kier molecular flexibility index (Phi) is 6.41. The van der Waals surface area contributed by atoms with Gasteiger partial charge in [-0.25, -0.2) is 9.78 Å². The van der Waals surface area contributed by atoms with Gasteiger partial charge in [0.25, 0.3) is 5.56 Å². The molecule has 1 amide bonds. The molecule has 0 bridgehead atoms. The number of benzene rings is 2. The van der Waals surface area contributed by atoms with E-state index in [0.717, 1.165) is 15.6 Å². The second kappa shape index (κ2) is 9.41. The van der Waals surface area contributed by atoms with E-state index in [9.17, 15) is 14.4 Å². The van der Waals surface area contributed by atoms with Crippen molar-refractivity contribution in [2.75, 3.05) is 19.0 Å². The van der Waals surface area contributed by atoms with Crippen LogP contribution in [0.4, 0.5) is 5.13 Å². The SMILES string of the molecule is CCOC(=O)c1ccc2nc(NC(=O)CCn3c(=O)cc(C)c4cccc(OC)c43)sc2c1. The molecule has 0 atom stereocenters. The highest BCUT2D eigenvalue weighted by atomic mass is 32.1. The third-order valence-corrected chi connectivity index (χ3v) is 6.16. The lowest BCUT2D eigenvalue weighted by atomic mass is 10.1. The molecule has 8 nitrogen and oxygen atoms in total. The molecular weight excluding hydrogens is 442 g/mol. The van der Waals surface area contributed by atoms with E-state index in [2.05, 4.69) is 10.3 Å². The van der Waals surface area contributed by atoms with Crippen molar-refractivity contribution in [3.63, 3.8) is 0 Å². The van der Waals surface area contributed by atoms with Crippen LogP contribution in [0.1, 0.15) is 29.3 Å². The number of methoxy groups -OCH3 is 1. The minimum atomic E-state index is -0.399. The van der Waals surface area contributed by atoms with Crippen LogP contribution in [-0.4, -0.2) is 35.1 Å². The summed E-state index contributed by atoms with van der Waals surface area (Å²) < 4.78 is 12.8. The summed E-state index contributed by atoms with van der Waals surface area (Å²) in [6, 6.07) is 12.2. The van der Waals surface area contributed by atoms with Gasteiger partial charge in [0.2, 0.25) is 5.91 Å². The number of fused-ring (bicyclic) bond motifs is 2. The predicted molar refractivity (Wildman–Crippen MR) is 128 cm³/mol. The van der Waals surface area contributed by atoms with Crippen molar-refractivity contribution in [2.45, 2.75) is 26.8 Å². The van der Waals surface area contributed by atoms with Gasteiger partial charge in [0.1, 0.15) is 5.75 Å². The van der Waals surface area contributed by atoms with E-state index in [0.29, 0.717) is 34.1 Å². The summed E-state index contributed by atoms with van der Waals surface area (Å²) in [6.45, 7) is 4.12. The molecule has 33 heavy (non-hydrogen) atoms. The number of hydrogen-bond donors (Lipinski definition) is 1. The molecule has 2 heterocycles. The number of nitrogens with zero attached hydrogens (tertiary/aromatic N) is 2. The van der Waals surface area contributed by atoms with Gasteiger partial charge < -0.3 is 19.4 Å². The molecule has 0 saturated carbocycles. The zero-order valence-corrected chi connectivity index (χ0v) is 19.3. The third kappa shape index (κ3) is 4.58. The van der Waals surface area contributed by atoms with Crippen LogP contribution in [0.25, 0.3) is 21.1 Å². The number of rotatable bonds is 7. The first-order valence-electron chi connectivity index (χ1n) is 10.5. The second-order valence-corrected chi connectivity index (χ2v) is 8.42. The molecule has 0 aliphatic heterocycles. The molecule has 1 N–H and O–H groups in total. The minimum Gasteiger partial charge on any atom is -0.495 e. The van der Waals surface area contributed by atoms with Gasteiger partial charge in [0.05, 0.1) is 35.0 Å². The standard InChI is InChI=1S/C24H23N3O5S/c1-4-32-23(30)15-8-9-17-19(13-15)33-24(25-17)26-20(28)10-11-27-21(29)12-14(2)16-6-5-7-18(31-3)22(16)27/h5-9,12-13H,4,10-11H2,1-3H3,(H,25,26,28). The highest BCUT2D eigenvalue weighted by molar-refractivity contribution is 7.22. The first-order chi connectivity index (χ1) is 15.9. The number of hydrogen-bond acceptors (Lipinski definition) is 7. The fraction of sp³-hybridized carbons (Fsp3) is 0.250. The molecule has 4 rings (SSSR count). The van der Waals surface area contributed by atoms with Gasteiger partial charge in [0.15, 0.2) is 5.13 Å². The van der Waals surface area contributed by atoms with E-state index in [-0.39, 0.29) is 24.4 Å². The second-order valence-electron chi connectivity index (χ2n) is 7.39. The van der Waals surface area contributed by atoms with E-state index in [1.165, 1.54) is 11.3 Å². The van der Waals surface area contributed by atoms with Gasteiger partial charge in [-0.3, -0.25) is 9.59 Å². The molecular formula is C24H23N3O5S. The van der Waals surface area contributed by atoms with Crippen molar-refractivity contribution in [1.29, 1.82) is 0 Å². The number of ether oxygens (including phenoxy) is 2. The fourth-order valence-corrected chi connectivity index (χ4v) is 4.59. The Morgan fingerprint density at radius 3 is 2.76 bits per heavy atom. The van der Waals surface area contributed by atoms with Crippen LogP contribution >= 0.6 is 11.3 Å². The van der Waals surface area contributed by atoms with Crippen LogP contribution < -0.4 is 15.6 Å². The molecule has 0 saturated heterocycles. The first kappa shape index (κ1) is 22.5. The summed E-state index contributed by atoms with van der Waals surface area (Å²) in [7, 11) is 1.55. The molecule has 9 heteroatoms. The summed E-state index contributed by atoms with van der Waals surface area (Å²) in [5, 5.41) is 4.12. The van der Waals surface area contributed by atoms with Crippen molar-refractivity contribution in [1.82, 2.24) is 9.55 Å². The van der Waals surface area contributed by atoms with Gasteiger partial charge in [-0.1, -0.05) is 23.5 Å². The summed E-state index contributed by atoms with van der Waals surface area (Å²) >= 11 is 1.27. The zero-order valence-electron chi connectivity index (χ0n) is 18.5. The number of esters is 1. The van der Waals surface area contributed by atoms with E-state index < -0.39 is 5.97 Å². The Hall–Kier alpha value is -3.72. The van der Waals surface area contributed by atoms with E-state index in [1.807, 2.05) is 19.1 Å². The van der Waals surface area contributed by atoms with Crippen LogP contribution in [0.5, 0.6) is 5.75 Å². The van der Waals surface area contributed by atoms with Crippen molar-refractivity contribution in [2.24, 2.45) is 0 Å². The number of nitrogens with one attached hydrogen (secondary N) is 1. The topological polar surface area (TPSA) is 99.5 Å². The summed E-state index contributed by atoms with van der Waals surface area (Å²) in [6.07, 6.45) is 0.0834. The molecule has 170 valence electrons. The fourth-order valence-electron chi connectivity index (χ4n) is 3.67. The maximum Gasteiger partial charge on any atom is 0.338 e. The summed E-state index contributed by atoms with van der Waals surface area (Å²) in [5.74, 6) is -0.0861. The van der Waals surface area contributed by atoms with Crippen LogP contribution in [0.15, 0.2) is 47.3 Å². The Labute approximate surface area is 193 Å². The molecule has 0 aliphatic rings. The number of carbonyl (C=O) groups is 2. The van der Waals surface area contributed by atoms with Crippen molar-refractivity contribution in [3.8, 4) is 5.75 Å². The normalized spacial score (nSPS) is 11.0. The molecule has 0 unspecified atom stereocenters. The largest absolute Gasteiger partial charge is 0.495 e. The Bertz CT molecular complexity index is 1420. The van der Waals surface area contributed by atoms with Crippen molar-refractivity contribution < 1.29 is 19.1 Å². The van der Waals surface area contributed by atoms with Gasteiger partial charge in [-0.05, 0) is 43.7 Å². The molecule has 2 aromatic heterocycles. The average Bonchev–Trinajstić information content (AvgIpc) is 3.20. The van der Waals surface area contributed by atoms with Gasteiger partial charge in [0, 0.05) is 24.4 Å². The average molecular weight is 466 g/mol. The molecule has 0 aliphatic carbocycles. The lowest BCUT2D eigenvalue weighted by molar-refractivity contribution is -0.116. The maximum atomic E-state index is 12.7. The quantitative estimate of drug-likeness (QED) is 0.412. The van der Waals surface area contributed by atoms with Gasteiger partial charge in [-0.2, -0.15) is 0 Å². The molecule has 2 aromatic carbocycles. The van der Waals surface area contributed by atoms with Crippen molar-refractivity contribution >= 4 is 49.5 Å². The van der Waals surface area contributed by atoms with Crippen LogP contribution in [0, 0.1) is 6.92 Å². The number of pyridine rings is 1. The Balaban J connectivity index is 1.52. The summed E-state index contributed by atoms with van der Waals surface area (Å²) in [5.41, 5.74) is 2.44. The van der Waals surface area contributed by atoms with E-state index >= 15 is 0 Å². The van der Waals surface area contributed by atoms with Crippen LogP contribution in [0.2, 0.25) is 0 Å². The number of anilines is 1. The van der Waals surface area contributed by atoms with Crippen LogP contribution in [0.3, 0.4) is 0 Å². The zero-order chi connectivity index (χ0) is 23.5. The molecule has 0 spiro atoms. The van der Waals surface area contributed by atoms with Crippen molar-refractivity contribution in [3.05, 3.63) is 63.9 Å². The number of amides is 1. The smallest absolute Gasteiger partial charge is 0.338 e. The number of carbonyl (C=O) groups excluding carboxylic acids is 2. The number of aromatic nitrogens is 2. The monoisotopic (exact) mass is 465 g/mol. The van der Waals surface area contributed by atoms with Gasteiger partial charge in [-0.15, -0.1) is 0 Å². The Morgan fingerprint density at radius 2 is 2.00 bits per heavy atom. The number of aryl methyl sites for hydroxylation is 2. The molecule has 0 fully saturated rings. The first-order valence-corrected chi connectivity index (χ1v) is 11.3. The number of para-hydroxylation sites is 1. The minimum absolute atomic E-state index is 0.0834.